The number of carbonyl (C=O) groups excluding carboxylic acids is 1. The van der Waals surface area contributed by atoms with E-state index in [1.807, 2.05) is 0 Å². The Morgan fingerprint density at radius 1 is 1.60 bits per heavy atom. The van der Waals surface area contributed by atoms with E-state index in [1.165, 1.54) is 0 Å². The molecule has 0 saturated carbocycles. The number of amides is 1. The fourth-order valence-electron chi connectivity index (χ4n) is 0.540. The van der Waals surface area contributed by atoms with Gasteiger partial charge in [0.25, 0.3) is 0 Å². The monoisotopic (exact) mass is 149 g/mol. The van der Waals surface area contributed by atoms with Crippen molar-refractivity contribution in [2.24, 2.45) is 5.73 Å². The lowest BCUT2D eigenvalue weighted by Gasteiger charge is -2.16. The molecule has 1 saturated heterocycles. The molecule has 1 heterocycles. The van der Waals surface area contributed by atoms with Crippen molar-refractivity contribution in [1.29, 1.82) is 0 Å². The van der Waals surface area contributed by atoms with Crippen LogP contribution in [-0.4, -0.2) is 18.6 Å². The zero-order valence-electron chi connectivity index (χ0n) is 5.11. The van der Waals surface area contributed by atoms with Gasteiger partial charge < -0.3 is 5.73 Å². The molecule has 0 spiro atoms. The molecule has 1 atom stereocenters. The molecule has 0 aliphatic carbocycles. The SMILES string of the molecule is NC(=O)CC1COOOO1. The summed E-state index contributed by atoms with van der Waals surface area (Å²) in [5.74, 6) is -0.473. The van der Waals surface area contributed by atoms with E-state index >= 15 is 0 Å². The van der Waals surface area contributed by atoms with Crippen molar-refractivity contribution in [3.63, 3.8) is 0 Å². The van der Waals surface area contributed by atoms with E-state index in [1.54, 1.807) is 0 Å². The predicted molar refractivity (Wildman–Crippen MR) is 26.8 cm³/mol. The van der Waals surface area contributed by atoms with E-state index in [9.17, 15) is 4.79 Å². The Morgan fingerprint density at radius 3 is 2.90 bits per heavy atom. The zero-order valence-corrected chi connectivity index (χ0v) is 5.11. The maximum atomic E-state index is 10.3. The minimum atomic E-state index is -0.473. The third kappa shape index (κ3) is 2.28. The second kappa shape index (κ2) is 3.47. The molecule has 6 nitrogen and oxygen atoms in total. The van der Waals surface area contributed by atoms with Crippen LogP contribution in [0.15, 0.2) is 0 Å². The Kier molecular flexibility index (Phi) is 2.57. The Bertz CT molecular complexity index is 121. The van der Waals surface area contributed by atoms with Crippen LogP contribution in [0.4, 0.5) is 0 Å². The van der Waals surface area contributed by atoms with E-state index in [2.05, 4.69) is 19.9 Å². The van der Waals surface area contributed by atoms with Crippen molar-refractivity contribution in [2.75, 3.05) is 6.61 Å². The smallest absolute Gasteiger partial charge is 0.220 e. The highest BCUT2D eigenvalue weighted by Gasteiger charge is 2.19. The molecule has 58 valence electrons. The molecule has 1 aliphatic heterocycles. The molecule has 0 bridgehead atoms. The summed E-state index contributed by atoms with van der Waals surface area (Å²) >= 11 is 0. The highest BCUT2D eigenvalue weighted by atomic mass is 17.7. The second-order valence-corrected chi connectivity index (χ2v) is 1.81. The van der Waals surface area contributed by atoms with Gasteiger partial charge in [-0.1, -0.05) is 0 Å². The molecule has 0 aromatic carbocycles. The van der Waals surface area contributed by atoms with Crippen LogP contribution in [0.1, 0.15) is 6.42 Å². The lowest BCUT2D eigenvalue weighted by molar-refractivity contribution is -0.675. The van der Waals surface area contributed by atoms with Crippen molar-refractivity contribution in [3.05, 3.63) is 0 Å². The minimum Gasteiger partial charge on any atom is -0.370 e. The zero-order chi connectivity index (χ0) is 7.40. The maximum Gasteiger partial charge on any atom is 0.220 e. The first-order valence-corrected chi connectivity index (χ1v) is 2.69. The van der Waals surface area contributed by atoms with E-state index in [0.29, 0.717) is 0 Å². The van der Waals surface area contributed by atoms with Gasteiger partial charge in [-0.2, -0.15) is 4.89 Å². The van der Waals surface area contributed by atoms with Crippen LogP contribution < -0.4 is 5.73 Å². The molecular weight excluding hydrogens is 142 g/mol. The number of hydrogen-bond acceptors (Lipinski definition) is 5. The molecule has 0 aromatic rings. The van der Waals surface area contributed by atoms with E-state index in [4.69, 9.17) is 5.73 Å². The average Bonchev–Trinajstić information content (AvgIpc) is 1.88. The van der Waals surface area contributed by atoms with Crippen LogP contribution in [-0.2, 0) is 24.6 Å². The van der Waals surface area contributed by atoms with Gasteiger partial charge >= 0.3 is 0 Å². The first kappa shape index (κ1) is 7.42. The molecule has 6 heteroatoms. The molecule has 1 amide bonds. The summed E-state index contributed by atoms with van der Waals surface area (Å²) in [6, 6.07) is 0. The molecule has 1 fully saturated rings. The lowest BCUT2D eigenvalue weighted by Crippen LogP contribution is -2.30. The first-order chi connectivity index (χ1) is 4.79. The Morgan fingerprint density at radius 2 is 2.40 bits per heavy atom. The Labute approximate surface area is 56.6 Å². The van der Waals surface area contributed by atoms with Crippen molar-refractivity contribution >= 4 is 5.91 Å². The summed E-state index contributed by atoms with van der Waals surface area (Å²) in [6.07, 6.45) is -0.408. The molecule has 0 aromatic heterocycles. The number of rotatable bonds is 2. The summed E-state index contributed by atoms with van der Waals surface area (Å²) in [5.41, 5.74) is 4.85. The highest BCUT2D eigenvalue weighted by Crippen LogP contribution is 2.05. The molecule has 2 N–H and O–H groups in total. The van der Waals surface area contributed by atoms with Gasteiger partial charge in [0.15, 0.2) is 0 Å². The predicted octanol–water partition coefficient (Wildman–Crippen LogP) is -0.945. The lowest BCUT2D eigenvalue weighted by atomic mass is 10.2. The molecule has 0 radical (unpaired) electrons. The van der Waals surface area contributed by atoms with Crippen molar-refractivity contribution in [3.8, 4) is 0 Å². The Hall–Kier alpha value is -0.690. The van der Waals surface area contributed by atoms with Gasteiger partial charge in [0.2, 0.25) is 5.91 Å². The standard InChI is InChI=1S/C4H7NO5/c5-4(6)1-3-2-7-9-10-8-3/h3H,1-2H2,(H2,5,6). The van der Waals surface area contributed by atoms with E-state index < -0.39 is 12.0 Å². The van der Waals surface area contributed by atoms with Crippen LogP contribution in [0.5, 0.6) is 0 Å². The van der Waals surface area contributed by atoms with Crippen LogP contribution >= 0.6 is 0 Å². The molecule has 1 rings (SSSR count). The largest absolute Gasteiger partial charge is 0.370 e. The number of nitrogens with two attached hydrogens (primary N) is 1. The Balaban J connectivity index is 2.19. The summed E-state index contributed by atoms with van der Waals surface area (Å²) < 4.78 is 0. The second-order valence-electron chi connectivity index (χ2n) is 1.81. The topological polar surface area (TPSA) is 80.0 Å². The average molecular weight is 149 g/mol. The van der Waals surface area contributed by atoms with Crippen LogP contribution in [0, 0.1) is 0 Å². The summed E-state index contributed by atoms with van der Waals surface area (Å²) in [4.78, 5) is 19.0. The normalized spacial score (nSPS) is 26.2. The minimum absolute atomic E-state index is 0.0589. The molecular formula is C4H7NO5. The van der Waals surface area contributed by atoms with Gasteiger partial charge in [0.05, 0.1) is 6.42 Å². The van der Waals surface area contributed by atoms with Crippen molar-refractivity contribution < 1.29 is 24.6 Å². The molecule has 1 aliphatic rings. The van der Waals surface area contributed by atoms with Crippen LogP contribution in [0.25, 0.3) is 0 Å². The quantitative estimate of drug-likeness (QED) is 0.512. The summed E-state index contributed by atoms with van der Waals surface area (Å²) in [5, 5.41) is 7.86. The summed E-state index contributed by atoms with van der Waals surface area (Å²) in [7, 11) is 0. The fraction of sp³-hybridized carbons (Fsp3) is 0.750. The number of primary amides is 1. The van der Waals surface area contributed by atoms with Gasteiger partial charge in [-0.25, -0.2) is 4.89 Å². The van der Waals surface area contributed by atoms with Crippen LogP contribution in [0.2, 0.25) is 0 Å². The third-order valence-electron chi connectivity index (χ3n) is 0.934. The summed E-state index contributed by atoms with van der Waals surface area (Å²) in [6.45, 7) is 0.142. The third-order valence-corrected chi connectivity index (χ3v) is 0.934. The van der Waals surface area contributed by atoms with E-state index in [0.717, 1.165) is 0 Å². The van der Waals surface area contributed by atoms with Crippen molar-refractivity contribution in [2.45, 2.75) is 12.5 Å². The number of hydrogen-bond donors (Lipinski definition) is 1. The fourth-order valence-corrected chi connectivity index (χ4v) is 0.540. The van der Waals surface area contributed by atoms with E-state index in [-0.39, 0.29) is 13.0 Å². The van der Waals surface area contributed by atoms with Gasteiger partial charge in [-0.3, -0.25) is 4.79 Å². The highest BCUT2D eigenvalue weighted by molar-refractivity contribution is 5.74. The molecule has 10 heavy (non-hydrogen) atoms. The maximum absolute atomic E-state index is 10.3. The first-order valence-electron chi connectivity index (χ1n) is 2.69. The van der Waals surface area contributed by atoms with Gasteiger partial charge in [0, 0.05) is 0 Å². The molecule has 1 unspecified atom stereocenters. The van der Waals surface area contributed by atoms with Crippen LogP contribution in [0.3, 0.4) is 0 Å². The number of carbonyl (C=O) groups is 1. The van der Waals surface area contributed by atoms with Gasteiger partial charge in [0.1, 0.15) is 12.7 Å². The van der Waals surface area contributed by atoms with Gasteiger partial charge in [-0.15, -0.1) is 0 Å². The van der Waals surface area contributed by atoms with Gasteiger partial charge in [-0.05, 0) is 10.1 Å². The van der Waals surface area contributed by atoms with Crippen molar-refractivity contribution in [1.82, 2.24) is 0 Å².